The van der Waals surface area contributed by atoms with Gasteiger partial charge in [-0.05, 0) is 60.1 Å². The lowest BCUT2D eigenvalue weighted by atomic mass is 9.99. The van der Waals surface area contributed by atoms with Gasteiger partial charge in [-0.25, -0.2) is 0 Å². The summed E-state index contributed by atoms with van der Waals surface area (Å²) in [5.41, 5.74) is 4.80. The predicted molar refractivity (Wildman–Crippen MR) is 103 cm³/mol. The van der Waals surface area contributed by atoms with Gasteiger partial charge >= 0.3 is 0 Å². The van der Waals surface area contributed by atoms with Crippen molar-refractivity contribution in [2.45, 2.75) is 66.2 Å². The fraction of sp³-hybridized carbons (Fsp3) is 0.455. The van der Waals surface area contributed by atoms with Gasteiger partial charge in [0.15, 0.2) is 0 Å². The van der Waals surface area contributed by atoms with E-state index in [-0.39, 0.29) is 0 Å². The molecule has 0 atom stereocenters. The molecule has 2 heteroatoms. The third-order valence-corrected chi connectivity index (χ3v) is 4.25. The quantitative estimate of drug-likeness (QED) is 0.702. The molecule has 24 heavy (non-hydrogen) atoms. The molecule has 0 radical (unpaired) electrons. The lowest BCUT2D eigenvalue weighted by Gasteiger charge is -2.09. The Hall–Kier alpha value is -1.96. The molecule has 0 heterocycles. The summed E-state index contributed by atoms with van der Waals surface area (Å²) in [5, 5.41) is 19.1. The normalized spacial score (nSPS) is 10.2. The predicted octanol–water partition coefficient (Wildman–Crippen LogP) is 5.81. The zero-order valence-corrected chi connectivity index (χ0v) is 15.6. The first-order valence-corrected chi connectivity index (χ1v) is 9.18. The van der Waals surface area contributed by atoms with Crippen molar-refractivity contribution in [1.29, 1.82) is 0 Å². The molecule has 0 aliphatic heterocycles. The Kier molecular flexibility index (Phi) is 8.99. The SMILES string of the molecule is CCCc1cccc(O)c1CCC.CCc1cccc(O)c1CC. The van der Waals surface area contributed by atoms with Crippen molar-refractivity contribution < 1.29 is 10.2 Å². The number of hydrogen-bond donors (Lipinski definition) is 2. The van der Waals surface area contributed by atoms with Crippen molar-refractivity contribution in [3.8, 4) is 11.5 Å². The van der Waals surface area contributed by atoms with E-state index in [4.69, 9.17) is 0 Å². The molecular formula is C22H32O2. The number of hydrogen-bond acceptors (Lipinski definition) is 2. The minimum Gasteiger partial charge on any atom is -0.508 e. The van der Waals surface area contributed by atoms with E-state index in [0.717, 1.165) is 49.7 Å². The minimum atomic E-state index is 0.437. The molecule has 2 rings (SSSR count). The van der Waals surface area contributed by atoms with E-state index in [1.807, 2.05) is 12.1 Å². The second kappa shape index (κ2) is 10.7. The fourth-order valence-electron chi connectivity index (χ4n) is 3.02. The molecule has 0 spiro atoms. The maximum absolute atomic E-state index is 9.65. The Bertz CT molecular complexity index is 617. The van der Waals surface area contributed by atoms with Crippen molar-refractivity contribution in [2.24, 2.45) is 0 Å². The molecule has 2 aromatic rings. The third kappa shape index (κ3) is 5.59. The van der Waals surface area contributed by atoms with Crippen LogP contribution in [0.3, 0.4) is 0 Å². The van der Waals surface area contributed by atoms with Crippen molar-refractivity contribution in [3.63, 3.8) is 0 Å². The summed E-state index contributed by atoms with van der Waals surface area (Å²) in [6.07, 6.45) is 6.20. The molecule has 0 aromatic heterocycles. The fourth-order valence-corrected chi connectivity index (χ4v) is 3.02. The molecule has 2 aromatic carbocycles. The highest BCUT2D eigenvalue weighted by Crippen LogP contribution is 2.23. The topological polar surface area (TPSA) is 40.5 Å². The minimum absolute atomic E-state index is 0.437. The van der Waals surface area contributed by atoms with Crippen LogP contribution in [0.2, 0.25) is 0 Å². The summed E-state index contributed by atoms with van der Waals surface area (Å²) in [6, 6.07) is 11.5. The van der Waals surface area contributed by atoms with Crippen LogP contribution in [0.4, 0.5) is 0 Å². The summed E-state index contributed by atoms with van der Waals surface area (Å²) < 4.78 is 0. The average molecular weight is 328 g/mol. The standard InChI is InChI=1S/C12H18O.C10H14O/c1-3-6-10-8-5-9-12(13)11(10)7-4-2;1-3-8-6-5-7-10(11)9(8)4-2/h5,8-9,13H,3-4,6-7H2,1-2H3;5-7,11H,3-4H2,1-2H3. The van der Waals surface area contributed by atoms with E-state index in [1.165, 1.54) is 11.1 Å². The van der Waals surface area contributed by atoms with Gasteiger partial charge < -0.3 is 10.2 Å². The van der Waals surface area contributed by atoms with Crippen LogP contribution in [0.25, 0.3) is 0 Å². The van der Waals surface area contributed by atoms with E-state index in [2.05, 4.69) is 39.8 Å². The third-order valence-electron chi connectivity index (χ3n) is 4.25. The highest BCUT2D eigenvalue weighted by molar-refractivity contribution is 5.40. The maximum Gasteiger partial charge on any atom is 0.119 e. The Morgan fingerprint density at radius 3 is 1.62 bits per heavy atom. The molecule has 132 valence electrons. The van der Waals surface area contributed by atoms with Crippen LogP contribution < -0.4 is 0 Å². The molecule has 0 saturated heterocycles. The van der Waals surface area contributed by atoms with Gasteiger partial charge in [-0.2, -0.15) is 0 Å². The zero-order chi connectivity index (χ0) is 17.9. The lowest BCUT2D eigenvalue weighted by Crippen LogP contribution is -1.93. The Balaban J connectivity index is 0.000000243. The van der Waals surface area contributed by atoms with Gasteiger partial charge in [0.05, 0.1) is 0 Å². The summed E-state index contributed by atoms with van der Waals surface area (Å²) in [7, 11) is 0. The zero-order valence-electron chi connectivity index (χ0n) is 15.6. The summed E-state index contributed by atoms with van der Waals surface area (Å²) in [4.78, 5) is 0. The van der Waals surface area contributed by atoms with Crippen LogP contribution in [0.5, 0.6) is 11.5 Å². The van der Waals surface area contributed by atoms with Crippen molar-refractivity contribution in [2.75, 3.05) is 0 Å². The lowest BCUT2D eigenvalue weighted by molar-refractivity contribution is 0.466. The van der Waals surface area contributed by atoms with Crippen LogP contribution in [0.1, 0.15) is 62.8 Å². The Morgan fingerprint density at radius 1 is 0.625 bits per heavy atom. The van der Waals surface area contributed by atoms with Crippen molar-refractivity contribution in [1.82, 2.24) is 0 Å². The number of phenolic OH excluding ortho intramolecular Hbond substituents is 2. The van der Waals surface area contributed by atoms with Crippen LogP contribution in [0, 0.1) is 0 Å². The number of benzene rings is 2. The van der Waals surface area contributed by atoms with E-state index < -0.39 is 0 Å². The number of phenols is 2. The van der Waals surface area contributed by atoms with Crippen molar-refractivity contribution >= 4 is 0 Å². The number of aryl methyl sites for hydroxylation is 2. The molecule has 2 N–H and O–H groups in total. The van der Waals surface area contributed by atoms with E-state index in [0.29, 0.717) is 11.5 Å². The molecule has 2 nitrogen and oxygen atoms in total. The highest BCUT2D eigenvalue weighted by atomic mass is 16.3. The monoisotopic (exact) mass is 328 g/mol. The molecule has 0 saturated carbocycles. The average Bonchev–Trinajstić information content (AvgIpc) is 2.58. The first-order chi connectivity index (χ1) is 11.6. The Labute approximate surface area is 147 Å². The summed E-state index contributed by atoms with van der Waals surface area (Å²) in [5.74, 6) is 0.902. The summed E-state index contributed by atoms with van der Waals surface area (Å²) in [6.45, 7) is 8.48. The van der Waals surface area contributed by atoms with E-state index >= 15 is 0 Å². The van der Waals surface area contributed by atoms with Gasteiger partial charge in [0.25, 0.3) is 0 Å². The van der Waals surface area contributed by atoms with Gasteiger partial charge in [0.2, 0.25) is 0 Å². The summed E-state index contributed by atoms with van der Waals surface area (Å²) >= 11 is 0. The van der Waals surface area contributed by atoms with Crippen LogP contribution >= 0.6 is 0 Å². The molecule has 0 bridgehead atoms. The largest absolute Gasteiger partial charge is 0.508 e. The van der Waals surface area contributed by atoms with Gasteiger partial charge in [-0.3, -0.25) is 0 Å². The van der Waals surface area contributed by atoms with Gasteiger partial charge in [-0.1, -0.05) is 64.8 Å². The van der Waals surface area contributed by atoms with Crippen LogP contribution in [-0.2, 0) is 25.7 Å². The van der Waals surface area contributed by atoms with Crippen LogP contribution in [0.15, 0.2) is 36.4 Å². The second-order valence-corrected chi connectivity index (χ2v) is 6.04. The molecule has 0 aliphatic carbocycles. The van der Waals surface area contributed by atoms with Crippen LogP contribution in [-0.4, -0.2) is 10.2 Å². The maximum atomic E-state index is 9.65. The molecule has 0 fully saturated rings. The molecule has 0 amide bonds. The molecular weight excluding hydrogens is 296 g/mol. The molecule has 0 unspecified atom stereocenters. The van der Waals surface area contributed by atoms with Gasteiger partial charge in [-0.15, -0.1) is 0 Å². The first-order valence-electron chi connectivity index (χ1n) is 9.18. The number of rotatable bonds is 6. The van der Waals surface area contributed by atoms with Crippen molar-refractivity contribution in [3.05, 3.63) is 58.7 Å². The van der Waals surface area contributed by atoms with Gasteiger partial charge in [0.1, 0.15) is 11.5 Å². The number of aromatic hydroxyl groups is 2. The van der Waals surface area contributed by atoms with Gasteiger partial charge in [0, 0.05) is 0 Å². The molecule has 0 aliphatic rings. The van der Waals surface area contributed by atoms with E-state index in [1.54, 1.807) is 12.1 Å². The Morgan fingerprint density at radius 2 is 1.17 bits per heavy atom. The smallest absolute Gasteiger partial charge is 0.119 e. The van der Waals surface area contributed by atoms with E-state index in [9.17, 15) is 10.2 Å². The first kappa shape index (κ1) is 20.1. The highest BCUT2D eigenvalue weighted by Gasteiger charge is 2.05. The second-order valence-electron chi connectivity index (χ2n) is 6.04.